The fraction of sp³-hybridized carbons (Fsp3) is 1.00. The van der Waals surface area contributed by atoms with Crippen LogP contribution in [0.15, 0.2) is 0 Å². The van der Waals surface area contributed by atoms with Crippen LogP contribution in [0, 0.1) is 0 Å². The van der Waals surface area contributed by atoms with E-state index in [-0.39, 0.29) is 0 Å². The first-order valence-corrected chi connectivity index (χ1v) is 3.73. The summed E-state index contributed by atoms with van der Waals surface area (Å²) in [7, 11) is 0. The molecule has 1 fully saturated rings. The average molecular weight is 195 g/mol. The summed E-state index contributed by atoms with van der Waals surface area (Å²) in [6.07, 6.45) is -6.31. The lowest BCUT2D eigenvalue weighted by molar-refractivity contribution is -0.327. The summed E-state index contributed by atoms with van der Waals surface area (Å²) in [5.41, 5.74) is 2.64. The highest BCUT2D eigenvalue weighted by Gasteiger charge is 2.51. The fourth-order valence-corrected chi connectivity index (χ4v) is 1.13. The third-order valence-corrected chi connectivity index (χ3v) is 2.06. The van der Waals surface area contributed by atoms with Gasteiger partial charge < -0.3 is 30.3 Å². The van der Waals surface area contributed by atoms with Crippen molar-refractivity contribution in [2.45, 2.75) is 30.3 Å². The van der Waals surface area contributed by atoms with Crippen molar-refractivity contribution in [1.29, 1.82) is 0 Å². The number of rotatable bonds is 1. The van der Waals surface area contributed by atoms with Crippen molar-refractivity contribution in [2.75, 3.05) is 6.61 Å². The van der Waals surface area contributed by atoms with Gasteiger partial charge in [0, 0.05) is 0 Å². The van der Waals surface area contributed by atoms with E-state index in [0.717, 1.165) is 0 Å². The Labute approximate surface area is 74.0 Å². The Balaban J connectivity index is 2.79. The molecular formula is C6H13NO6. The smallest absolute Gasteiger partial charge is 0.200 e. The van der Waals surface area contributed by atoms with Gasteiger partial charge in [-0.05, 0) is 0 Å². The van der Waals surface area contributed by atoms with Gasteiger partial charge in [-0.2, -0.15) is 0 Å². The van der Waals surface area contributed by atoms with E-state index in [1.54, 1.807) is 0 Å². The molecule has 78 valence electrons. The molecule has 1 aliphatic heterocycles. The molecular weight excluding hydrogens is 182 g/mol. The van der Waals surface area contributed by atoms with Crippen LogP contribution in [-0.4, -0.2) is 62.5 Å². The molecule has 0 aromatic carbocycles. The van der Waals surface area contributed by atoms with Gasteiger partial charge in [0.15, 0.2) is 5.72 Å². The molecule has 0 amide bonds. The number of aliphatic hydroxyl groups excluding tert-OH is 4. The Morgan fingerprint density at radius 3 is 2.31 bits per heavy atom. The zero-order valence-corrected chi connectivity index (χ0v) is 6.74. The summed E-state index contributed by atoms with van der Waals surface area (Å²) in [4.78, 5) is 0. The first-order chi connectivity index (χ1) is 5.91. The maximum atomic E-state index is 9.21. The monoisotopic (exact) mass is 195 g/mol. The quantitative estimate of drug-likeness (QED) is 0.235. The standard InChI is InChI=1S/C6H13NO6/c7-6(12)4(10)3(9)2(1-8)13-5(6)11/h2-5,8-12H,1,7H2/t2-,3+,4+,5-,6-/m1/s1. The van der Waals surface area contributed by atoms with Crippen LogP contribution in [0.3, 0.4) is 0 Å². The van der Waals surface area contributed by atoms with Gasteiger partial charge in [0.05, 0.1) is 6.61 Å². The van der Waals surface area contributed by atoms with Crippen LogP contribution < -0.4 is 5.73 Å². The van der Waals surface area contributed by atoms with E-state index in [0.29, 0.717) is 0 Å². The summed E-state index contributed by atoms with van der Waals surface area (Å²) in [5.74, 6) is 0. The van der Waals surface area contributed by atoms with E-state index in [1.807, 2.05) is 0 Å². The van der Waals surface area contributed by atoms with Crippen LogP contribution in [0.4, 0.5) is 0 Å². The molecule has 1 heterocycles. The van der Waals surface area contributed by atoms with Gasteiger partial charge >= 0.3 is 0 Å². The maximum Gasteiger partial charge on any atom is 0.200 e. The molecule has 0 radical (unpaired) electrons. The van der Waals surface area contributed by atoms with Crippen molar-refractivity contribution < 1.29 is 30.3 Å². The molecule has 0 aliphatic carbocycles. The Morgan fingerprint density at radius 2 is 1.85 bits per heavy atom. The lowest BCUT2D eigenvalue weighted by atomic mass is 9.94. The molecule has 1 saturated heterocycles. The van der Waals surface area contributed by atoms with Gasteiger partial charge in [-0.25, -0.2) is 0 Å². The lowest BCUT2D eigenvalue weighted by Gasteiger charge is -2.43. The fourth-order valence-electron chi connectivity index (χ4n) is 1.13. The molecule has 5 atom stereocenters. The SMILES string of the molecule is N[C@]1(O)[C@H](O)O[C@H](CO)[C@H](O)[C@@H]1O. The van der Waals surface area contributed by atoms with E-state index in [4.69, 9.17) is 15.9 Å². The van der Waals surface area contributed by atoms with E-state index in [1.165, 1.54) is 0 Å². The predicted octanol–water partition coefficient (Wildman–Crippen LogP) is -3.94. The third kappa shape index (κ3) is 1.67. The number of ether oxygens (including phenoxy) is 1. The zero-order chi connectivity index (χ0) is 10.2. The minimum absolute atomic E-state index is 0.592. The largest absolute Gasteiger partial charge is 0.394 e. The van der Waals surface area contributed by atoms with E-state index >= 15 is 0 Å². The van der Waals surface area contributed by atoms with Crippen molar-refractivity contribution in [3.8, 4) is 0 Å². The van der Waals surface area contributed by atoms with Gasteiger partial charge in [0.25, 0.3) is 0 Å². The molecule has 0 aromatic heterocycles. The van der Waals surface area contributed by atoms with Crippen LogP contribution in [0.25, 0.3) is 0 Å². The Bertz CT molecular complexity index is 186. The molecule has 7 nitrogen and oxygen atoms in total. The number of hydrogen-bond donors (Lipinski definition) is 6. The van der Waals surface area contributed by atoms with Crippen LogP contribution in [0.2, 0.25) is 0 Å². The molecule has 0 bridgehead atoms. The summed E-state index contributed by atoms with van der Waals surface area (Å²) in [6.45, 7) is -0.592. The minimum Gasteiger partial charge on any atom is -0.394 e. The normalized spacial score (nSPS) is 52.2. The number of hydrogen-bond acceptors (Lipinski definition) is 7. The second-order valence-corrected chi connectivity index (χ2v) is 3.03. The summed E-state index contributed by atoms with van der Waals surface area (Å²) in [6, 6.07) is 0. The average Bonchev–Trinajstić information content (AvgIpc) is 2.09. The topological polar surface area (TPSA) is 136 Å². The van der Waals surface area contributed by atoms with Crippen LogP contribution in [0.5, 0.6) is 0 Å². The lowest BCUT2D eigenvalue weighted by Crippen LogP contribution is -2.70. The second kappa shape index (κ2) is 3.46. The third-order valence-electron chi connectivity index (χ3n) is 2.06. The van der Waals surface area contributed by atoms with Gasteiger partial charge in [-0.15, -0.1) is 0 Å². The molecule has 1 rings (SSSR count). The summed E-state index contributed by atoms with van der Waals surface area (Å²) in [5, 5.41) is 45.3. The molecule has 0 spiro atoms. The Hall–Kier alpha value is -0.280. The van der Waals surface area contributed by atoms with Crippen molar-refractivity contribution in [3.63, 3.8) is 0 Å². The van der Waals surface area contributed by atoms with Crippen LogP contribution >= 0.6 is 0 Å². The van der Waals surface area contributed by atoms with Crippen molar-refractivity contribution in [1.82, 2.24) is 0 Å². The highest BCUT2D eigenvalue weighted by molar-refractivity contribution is 4.95. The molecule has 1 aliphatic rings. The molecule has 13 heavy (non-hydrogen) atoms. The van der Waals surface area contributed by atoms with Gasteiger partial charge in [-0.1, -0.05) is 0 Å². The highest BCUT2D eigenvalue weighted by atomic mass is 16.6. The number of nitrogens with two attached hydrogens (primary N) is 1. The summed E-state index contributed by atoms with van der Waals surface area (Å²) < 4.78 is 4.55. The first kappa shape index (κ1) is 10.8. The van der Waals surface area contributed by atoms with Crippen molar-refractivity contribution >= 4 is 0 Å². The molecule has 0 saturated carbocycles. The highest BCUT2D eigenvalue weighted by Crippen LogP contribution is 2.24. The van der Waals surface area contributed by atoms with E-state index in [9.17, 15) is 15.3 Å². The number of aliphatic hydroxyl groups is 5. The van der Waals surface area contributed by atoms with Crippen LogP contribution in [-0.2, 0) is 4.74 Å². The zero-order valence-electron chi connectivity index (χ0n) is 6.74. The van der Waals surface area contributed by atoms with E-state index in [2.05, 4.69) is 4.74 Å². The van der Waals surface area contributed by atoms with Crippen LogP contribution in [0.1, 0.15) is 0 Å². The molecule has 0 unspecified atom stereocenters. The summed E-state index contributed by atoms with van der Waals surface area (Å²) >= 11 is 0. The minimum atomic E-state index is -2.43. The second-order valence-electron chi connectivity index (χ2n) is 3.03. The van der Waals surface area contributed by atoms with Gasteiger partial charge in [0.1, 0.15) is 18.3 Å². The Morgan fingerprint density at radius 1 is 1.31 bits per heavy atom. The first-order valence-electron chi connectivity index (χ1n) is 3.73. The molecule has 7 heteroatoms. The Kier molecular flexibility index (Phi) is 2.88. The van der Waals surface area contributed by atoms with Gasteiger partial charge in [0.2, 0.25) is 6.29 Å². The van der Waals surface area contributed by atoms with Gasteiger partial charge in [-0.3, -0.25) is 5.73 Å². The maximum absolute atomic E-state index is 9.21. The molecule has 0 aromatic rings. The van der Waals surface area contributed by atoms with E-state index < -0.39 is 36.9 Å². The van der Waals surface area contributed by atoms with Crippen molar-refractivity contribution in [3.05, 3.63) is 0 Å². The van der Waals surface area contributed by atoms with Crippen molar-refractivity contribution in [2.24, 2.45) is 5.73 Å². The molecule has 7 N–H and O–H groups in total. The predicted molar refractivity (Wildman–Crippen MR) is 39.1 cm³/mol.